The SMILES string of the molecule is CN(CC(=O)Nc1ccccc1I)CC1CCCN1. The van der Waals surface area contributed by atoms with Crippen LogP contribution >= 0.6 is 22.6 Å². The molecule has 0 bridgehead atoms. The molecule has 1 amide bonds. The third-order valence-electron chi connectivity index (χ3n) is 3.26. The van der Waals surface area contributed by atoms with Crippen molar-refractivity contribution in [3.8, 4) is 0 Å². The number of nitrogens with one attached hydrogen (secondary N) is 2. The molecule has 0 spiro atoms. The quantitative estimate of drug-likeness (QED) is 0.776. The number of rotatable bonds is 5. The first-order valence-electron chi connectivity index (χ1n) is 6.61. The molecule has 2 rings (SSSR count). The van der Waals surface area contributed by atoms with E-state index < -0.39 is 0 Å². The summed E-state index contributed by atoms with van der Waals surface area (Å²) in [5.74, 6) is 0.0459. The van der Waals surface area contributed by atoms with Gasteiger partial charge in [-0.05, 0) is 61.2 Å². The first-order chi connectivity index (χ1) is 9.15. The maximum atomic E-state index is 12.0. The van der Waals surface area contributed by atoms with Gasteiger partial charge in [0.05, 0.1) is 12.2 Å². The van der Waals surface area contributed by atoms with Gasteiger partial charge >= 0.3 is 0 Å². The highest BCUT2D eigenvalue weighted by atomic mass is 127. The summed E-state index contributed by atoms with van der Waals surface area (Å²) in [6.07, 6.45) is 2.45. The first kappa shape index (κ1) is 14.7. The number of hydrogen-bond acceptors (Lipinski definition) is 3. The number of amides is 1. The minimum absolute atomic E-state index is 0.0459. The summed E-state index contributed by atoms with van der Waals surface area (Å²) >= 11 is 2.23. The minimum Gasteiger partial charge on any atom is -0.324 e. The number of hydrogen-bond donors (Lipinski definition) is 2. The Hall–Kier alpha value is -0.660. The van der Waals surface area contributed by atoms with Crippen LogP contribution in [-0.4, -0.2) is 43.5 Å². The van der Waals surface area contributed by atoms with Gasteiger partial charge < -0.3 is 10.6 Å². The summed E-state index contributed by atoms with van der Waals surface area (Å²) in [4.78, 5) is 14.0. The lowest BCUT2D eigenvalue weighted by molar-refractivity contribution is -0.117. The van der Waals surface area contributed by atoms with Crippen LogP contribution in [0.25, 0.3) is 0 Å². The molecule has 1 aromatic carbocycles. The Morgan fingerprint density at radius 3 is 3.00 bits per heavy atom. The van der Waals surface area contributed by atoms with Crippen LogP contribution in [0.5, 0.6) is 0 Å². The van der Waals surface area contributed by atoms with E-state index in [1.165, 1.54) is 12.8 Å². The van der Waals surface area contributed by atoms with E-state index in [2.05, 4.69) is 38.1 Å². The Morgan fingerprint density at radius 2 is 2.32 bits per heavy atom. The van der Waals surface area contributed by atoms with Crippen LogP contribution in [-0.2, 0) is 4.79 Å². The van der Waals surface area contributed by atoms with Gasteiger partial charge in [-0.2, -0.15) is 0 Å². The normalized spacial score (nSPS) is 18.8. The zero-order valence-electron chi connectivity index (χ0n) is 11.2. The summed E-state index contributed by atoms with van der Waals surface area (Å²) in [5.41, 5.74) is 0.889. The molecule has 1 fully saturated rings. The van der Waals surface area contributed by atoms with Gasteiger partial charge in [0, 0.05) is 16.2 Å². The molecule has 0 aliphatic carbocycles. The smallest absolute Gasteiger partial charge is 0.238 e. The van der Waals surface area contributed by atoms with Crippen LogP contribution in [0.2, 0.25) is 0 Å². The number of likely N-dealkylation sites (N-methyl/N-ethyl adjacent to an activating group) is 1. The van der Waals surface area contributed by atoms with Gasteiger partial charge in [-0.1, -0.05) is 12.1 Å². The second kappa shape index (κ2) is 7.21. The van der Waals surface area contributed by atoms with Crippen molar-refractivity contribution in [2.75, 3.05) is 32.0 Å². The fourth-order valence-electron chi connectivity index (χ4n) is 2.35. The Kier molecular flexibility index (Phi) is 5.59. The molecule has 0 aromatic heterocycles. The van der Waals surface area contributed by atoms with Gasteiger partial charge in [0.2, 0.25) is 5.91 Å². The summed E-state index contributed by atoms with van der Waals surface area (Å²) in [5, 5.41) is 6.40. The topological polar surface area (TPSA) is 44.4 Å². The first-order valence-corrected chi connectivity index (χ1v) is 7.69. The van der Waals surface area contributed by atoms with Crippen molar-refractivity contribution in [3.63, 3.8) is 0 Å². The van der Waals surface area contributed by atoms with Crippen LogP contribution < -0.4 is 10.6 Å². The standard InChI is InChI=1S/C14H20IN3O/c1-18(9-11-5-4-8-16-11)10-14(19)17-13-7-3-2-6-12(13)15/h2-3,6-7,11,16H,4-5,8-10H2,1H3,(H,17,19). The van der Waals surface area contributed by atoms with Crippen LogP contribution in [0.1, 0.15) is 12.8 Å². The highest BCUT2D eigenvalue weighted by molar-refractivity contribution is 14.1. The van der Waals surface area contributed by atoms with Crippen LogP contribution in [0.15, 0.2) is 24.3 Å². The number of benzene rings is 1. The number of carbonyl (C=O) groups excluding carboxylic acids is 1. The monoisotopic (exact) mass is 373 g/mol. The predicted octanol–water partition coefficient (Wildman–Crippen LogP) is 1.91. The Bertz CT molecular complexity index is 432. The lowest BCUT2D eigenvalue weighted by atomic mass is 10.2. The molecule has 1 heterocycles. The minimum atomic E-state index is 0.0459. The predicted molar refractivity (Wildman–Crippen MR) is 86.3 cm³/mol. The fourth-order valence-corrected chi connectivity index (χ4v) is 2.87. The van der Waals surface area contributed by atoms with Gasteiger partial charge in [-0.15, -0.1) is 0 Å². The largest absolute Gasteiger partial charge is 0.324 e. The third-order valence-corrected chi connectivity index (χ3v) is 4.20. The number of nitrogens with zero attached hydrogens (tertiary/aromatic N) is 1. The molecule has 4 nitrogen and oxygen atoms in total. The zero-order chi connectivity index (χ0) is 13.7. The lowest BCUT2D eigenvalue weighted by Crippen LogP contribution is -2.39. The van der Waals surface area contributed by atoms with E-state index in [1.54, 1.807) is 0 Å². The molecule has 0 saturated carbocycles. The van der Waals surface area contributed by atoms with E-state index in [0.717, 1.165) is 22.3 Å². The van der Waals surface area contributed by atoms with E-state index in [1.807, 2.05) is 31.3 Å². The van der Waals surface area contributed by atoms with Gasteiger partial charge in [-0.25, -0.2) is 0 Å². The molecule has 104 valence electrons. The summed E-state index contributed by atoms with van der Waals surface area (Å²) in [7, 11) is 2.00. The van der Waals surface area contributed by atoms with E-state index in [-0.39, 0.29) is 5.91 Å². The Morgan fingerprint density at radius 1 is 1.53 bits per heavy atom. The van der Waals surface area contributed by atoms with E-state index in [9.17, 15) is 4.79 Å². The summed E-state index contributed by atoms with van der Waals surface area (Å²) in [6, 6.07) is 8.36. The van der Waals surface area contributed by atoms with Crippen LogP contribution in [0.3, 0.4) is 0 Å². The molecule has 1 aliphatic rings. The van der Waals surface area contributed by atoms with E-state index in [4.69, 9.17) is 0 Å². The van der Waals surface area contributed by atoms with Crippen molar-refractivity contribution in [1.82, 2.24) is 10.2 Å². The summed E-state index contributed by atoms with van der Waals surface area (Å²) in [6.45, 7) is 2.47. The number of halogens is 1. The lowest BCUT2D eigenvalue weighted by Gasteiger charge is -2.20. The molecule has 1 aromatic rings. The maximum absolute atomic E-state index is 12.0. The average Bonchev–Trinajstić information content (AvgIpc) is 2.84. The molecule has 19 heavy (non-hydrogen) atoms. The van der Waals surface area contributed by atoms with Gasteiger partial charge in [-0.3, -0.25) is 9.69 Å². The van der Waals surface area contributed by atoms with Crippen molar-refractivity contribution in [2.24, 2.45) is 0 Å². The maximum Gasteiger partial charge on any atom is 0.238 e. The molecule has 1 saturated heterocycles. The zero-order valence-corrected chi connectivity index (χ0v) is 13.3. The van der Waals surface area contributed by atoms with Gasteiger partial charge in [0.1, 0.15) is 0 Å². The highest BCUT2D eigenvalue weighted by Crippen LogP contribution is 2.16. The van der Waals surface area contributed by atoms with Gasteiger partial charge in [0.15, 0.2) is 0 Å². The molecule has 0 radical (unpaired) electrons. The molecule has 1 atom stereocenters. The third kappa shape index (κ3) is 4.74. The Balaban J connectivity index is 1.79. The summed E-state index contributed by atoms with van der Waals surface area (Å²) < 4.78 is 1.06. The van der Waals surface area contributed by atoms with Crippen LogP contribution in [0.4, 0.5) is 5.69 Å². The second-order valence-corrected chi connectivity index (χ2v) is 6.18. The molecule has 2 N–H and O–H groups in total. The molecule has 1 aliphatic heterocycles. The average molecular weight is 373 g/mol. The molecule has 1 unspecified atom stereocenters. The van der Waals surface area contributed by atoms with Crippen molar-refractivity contribution in [3.05, 3.63) is 27.8 Å². The highest BCUT2D eigenvalue weighted by Gasteiger charge is 2.17. The van der Waals surface area contributed by atoms with Crippen molar-refractivity contribution >= 4 is 34.2 Å². The van der Waals surface area contributed by atoms with Crippen molar-refractivity contribution in [1.29, 1.82) is 0 Å². The van der Waals surface area contributed by atoms with E-state index in [0.29, 0.717) is 12.6 Å². The molecule has 5 heteroatoms. The number of para-hydroxylation sites is 1. The van der Waals surface area contributed by atoms with Crippen molar-refractivity contribution in [2.45, 2.75) is 18.9 Å². The molecular formula is C14H20IN3O. The molecular weight excluding hydrogens is 353 g/mol. The fraction of sp³-hybridized carbons (Fsp3) is 0.500. The van der Waals surface area contributed by atoms with E-state index >= 15 is 0 Å². The van der Waals surface area contributed by atoms with Crippen molar-refractivity contribution < 1.29 is 4.79 Å². The second-order valence-electron chi connectivity index (χ2n) is 5.02. The number of carbonyl (C=O) groups is 1. The van der Waals surface area contributed by atoms with Crippen LogP contribution in [0, 0.1) is 3.57 Å². The Labute approximate surface area is 128 Å². The van der Waals surface area contributed by atoms with Gasteiger partial charge in [0.25, 0.3) is 0 Å². The number of anilines is 1.